The molecule has 4 heterocycles. The number of morpholine rings is 1. The zero-order valence-corrected chi connectivity index (χ0v) is 15.4. The van der Waals surface area contributed by atoms with Crippen molar-refractivity contribution >= 4 is 18.3 Å². The van der Waals surface area contributed by atoms with Gasteiger partial charge in [-0.1, -0.05) is 0 Å². The lowest BCUT2D eigenvalue weighted by molar-refractivity contribution is 0.0164. The van der Waals surface area contributed by atoms with Crippen molar-refractivity contribution in [2.24, 2.45) is 0 Å². The van der Waals surface area contributed by atoms with E-state index in [4.69, 9.17) is 4.74 Å². The minimum Gasteiger partial charge on any atom is -0.379 e. The zero-order chi connectivity index (χ0) is 16.4. The third-order valence-corrected chi connectivity index (χ3v) is 5.47. The van der Waals surface area contributed by atoms with Crippen molar-refractivity contribution in [1.29, 1.82) is 0 Å². The smallest absolute Gasteiger partial charge is 0.274 e. The van der Waals surface area contributed by atoms with Gasteiger partial charge in [-0.3, -0.25) is 14.8 Å². The molecule has 1 atom stereocenters. The van der Waals surface area contributed by atoms with Gasteiger partial charge in [-0.25, -0.2) is 0 Å². The summed E-state index contributed by atoms with van der Waals surface area (Å²) in [6, 6.07) is 0.299. The summed E-state index contributed by atoms with van der Waals surface area (Å²) in [5.41, 5.74) is 2.83. The zero-order valence-electron chi connectivity index (χ0n) is 14.6. The minimum atomic E-state index is 0. The molecule has 2 saturated heterocycles. The predicted molar refractivity (Wildman–Crippen MR) is 97.2 cm³/mol. The summed E-state index contributed by atoms with van der Waals surface area (Å²) >= 11 is 0. The van der Waals surface area contributed by atoms with E-state index in [0.717, 1.165) is 83.0 Å². The highest BCUT2D eigenvalue weighted by Gasteiger charge is 2.32. The molecular formula is C17H28ClN5O2. The quantitative estimate of drug-likeness (QED) is 0.824. The Kier molecular flexibility index (Phi) is 6.33. The lowest BCUT2D eigenvalue weighted by atomic mass is 9.99. The number of aromatic amines is 1. The number of nitrogens with zero attached hydrogens (tertiary/aromatic N) is 3. The fourth-order valence-electron chi connectivity index (χ4n) is 4.08. The number of carbonyl (C=O) groups excluding carboxylic acids is 1. The van der Waals surface area contributed by atoms with Gasteiger partial charge in [0.25, 0.3) is 5.91 Å². The standard InChI is InChI=1S/C17H27N5O2.ClH/c23-17(16-14-11-18-5-4-15(14)19-20-16)22-6-2-1-3-13(22)12-21-7-9-24-10-8-21;/h13,18H,1-12H2,(H,19,20);1H. The van der Waals surface area contributed by atoms with Gasteiger partial charge in [-0.15, -0.1) is 12.4 Å². The van der Waals surface area contributed by atoms with Crippen molar-refractivity contribution in [2.75, 3.05) is 45.9 Å². The van der Waals surface area contributed by atoms with E-state index in [0.29, 0.717) is 11.7 Å². The predicted octanol–water partition coefficient (Wildman–Crippen LogP) is 0.804. The van der Waals surface area contributed by atoms with Gasteiger partial charge >= 0.3 is 0 Å². The van der Waals surface area contributed by atoms with Crippen LogP contribution in [0, 0.1) is 0 Å². The summed E-state index contributed by atoms with van der Waals surface area (Å²) in [6.45, 7) is 7.06. The van der Waals surface area contributed by atoms with Crippen molar-refractivity contribution in [3.63, 3.8) is 0 Å². The number of piperidine rings is 1. The van der Waals surface area contributed by atoms with Crippen LogP contribution in [-0.2, 0) is 17.7 Å². The van der Waals surface area contributed by atoms with E-state index in [-0.39, 0.29) is 18.3 Å². The molecule has 0 bridgehead atoms. The monoisotopic (exact) mass is 369 g/mol. The Labute approximate surface area is 154 Å². The van der Waals surface area contributed by atoms with Crippen LogP contribution in [0.4, 0.5) is 0 Å². The van der Waals surface area contributed by atoms with Gasteiger partial charge in [0, 0.05) is 63.0 Å². The number of nitrogens with one attached hydrogen (secondary N) is 2. The van der Waals surface area contributed by atoms with Crippen LogP contribution in [0.3, 0.4) is 0 Å². The fraction of sp³-hybridized carbons (Fsp3) is 0.765. The summed E-state index contributed by atoms with van der Waals surface area (Å²) < 4.78 is 5.44. The Morgan fingerprint density at radius 3 is 2.92 bits per heavy atom. The van der Waals surface area contributed by atoms with Crippen LogP contribution in [0.15, 0.2) is 0 Å². The van der Waals surface area contributed by atoms with E-state index in [2.05, 4.69) is 25.3 Å². The molecule has 4 rings (SSSR count). The number of carbonyl (C=O) groups is 1. The van der Waals surface area contributed by atoms with Crippen LogP contribution in [0.1, 0.15) is 41.0 Å². The first-order valence-corrected chi connectivity index (χ1v) is 9.21. The van der Waals surface area contributed by atoms with Crippen molar-refractivity contribution in [3.8, 4) is 0 Å². The van der Waals surface area contributed by atoms with Crippen molar-refractivity contribution in [2.45, 2.75) is 38.3 Å². The van der Waals surface area contributed by atoms with Gasteiger partial charge in [0.1, 0.15) is 0 Å². The SMILES string of the molecule is Cl.O=C(c1n[nH]c2c1CNCC2)N1CCCCC1CN1CCOCC1. The van der Waals surface area contributed by atoms with Gasteiger partial charge in [0.05, 0.1) is 13.2 Å². The van der Waals surface area contributed by atoms with E-state index in [1.807, 2.05) is 0 Å². The molecule has 25 heavy (non-hydrogen) atoms. The first-order chi connectivity index (χ1) is 11.8. The summed E-state index contributed by atoms with van der Waals surface area (Å²) in [5, 5.41) is 10.8. The Morgan fingerprint density at radius 2 is 2.08 bits per heavy atom. The maximum Gasteiger partial charge on any atom is 0.274 e. The van der Waals surface area contributed by atoms with Crippen molar-refractivity contribution in [3.05, 3.63) is 17.0 Å². The molecule has 2 fully saturated rings. The van der Waals surface area contributed by atoms with Gasteiger partial charge in [-0.2, -0.15) is 5.10 Å². The van der Waals surface area contributed by atoms with Gasteiger partial charge in [-0.05, 0) is 19.3 Å². The summed E-state index contributed by atoms with van der Waals surface area (Å²) in [4.78, 5) is 17.7. The molecule has 3 aliphatic rings. The molecule has 1 amide bonds. The summed E-state index contributed by atoms with van der Waals surface area (Å²) in [7, 11) is 0. The van der Waals surface area contributed by atoms with Crippen LogP contribution in [0.2, 0.25) is 0 Å². The third kappa shape index (κ3) is 4.00. The molecule has 8 heteroatoms. The van der Waals surface area contributed by atoms with Crippen LogP contribution in [0.5, 0.6) is 0 Å². The van der Waals surface area contributed by atoms with Gasteiger partial charge < -0.3 is 15.0 Å². The average molecular weight is 370 g/mol. The molecule has 0 aromatic carbocycles. The molecule has 3 aliphatic heterocycles. The molecule has 2 N–H and O–H groups in total. The number of amides is 1. The third-order valence-electron chi connectivity index (χ3n) is 5.47. The van der Waals surface area contributed by atoms with Gasteiger partial charge in [0.2, 0.25) is 0 Å². The molecule has 1 aromatic rings. The summed E-state index contributed by atoms with van der Waals surface area (Å²) in [6.07, 6.45) is 4.32. The highest BCUT2D eigenvalue weighted by atomic mass is 35.5. The van der Waals surface area contributed by atoms with Crippen molar-refractivity contribution in [1.82, 2.24) is 25.3 Å². The van der Waals surface area contributed by atoms with E-state index in [1.165, 1.54) is 6.42 Å². The van der Waals surface area contributed by atoms with Crippen LogP contribution >= 0.6 is 12.4 Å². The summed E-state index contributed by atoms with van der Waals surface area (Å²) in [5.74, 6) is 0.106. The normalized spacial score (nSPS) is 24.5. The van der Waals surface area contributed by atoms with E-state index in [1.54, 1.807) is 0 Å². The molecule has 0 aliphatic carbocycles. The molecule has 7 nitrogen and oxygen atoms in total. The number of hydrogen-bond acceptors (Lipinski definition) is 5. The number of hydrogen-bond donors (Lipinski definition) is 2. The Balaban J connectivity index is 0.00000182. The number of ether oxygens (including phenoxy) is 1. The lowest BCUT2D eigenvalue weighted by Crippen LogP contribution is -2.51. The topological polar surface area (TPSA) is 73.5 Å². The highest BCUT2D eigenvalue weighted by molar-refractivity contribution is 5.94. The van der Waals surface area contributed by atoms with Crippen LogP contribution < -0.4 is 5.32 Å². The second kappa shape index (κ2) is 8.49. The first kappa shape index (κ1) is 18.6. The average Bonchev–Trinajstić information content (AvgIpc) is 3.07. The molecule has 0 spiro atoms. The second-order valence-electron chi connectivity index (χ2n) is 7.02. The fourth-order valence-corrected chi connectivity index (χ4v) is 4.08. The molecular weight excluding hydrogens is 342 g/mol. The number of halogens is 1. The number of aromatic nitrogens is 2. The Bertz CT molecular complexity index is 588. The maximum atomic E-state index is 13.2. The van der Waals surface area contributed by atoms with Gasteiger partial charge in [0.15, 0.2) is 5.69 Å². The molecule has 1 unspecified atom stereocenters. The number of fused-ring (bicyclic) bond motifs is 1. The Morgan fingerprint density at radius 1 is 1.24 bits per heavy atom. The molecule has 1 aromatic heterocycles. The largest absolute Gasteiger partial charge is 0.379 e. The number of H-pyrrole nitrogens is 1. The molecule has 140 valence electrons. The van der Waals surface area contributed by atoms with E-state index in [9.17, 15) is 4.79 Å². The first-order valence-electron chi connectivity index (χ1n) is 9.21. The molecule has 0 saturated carbocycles. The number of likely N-dealkylation sites (tertiary alicyclic amines) is 1. The van der Waals surface area contributed by atoms with Crippen molar-refractivity contribution < 1.29 is 9.53 Å². The number of rotatable bonds is 3. The second-order valence-corrected chi connectivity index (χ2v) is 7.02. The highest BCUT2D eigenvalue weighted by Crippen LogP contribution is 2.23. The lowest BCUT2D eigenvalue weighted by Gasteiger charge is -2.39. The van der Waals surface area contributed by atoms with E-state index >= 15 is 0 Å². The van der Waals surface area contributed by atoms with Crippen LogP contribution in [-0.4, -0.2) is 77.9 Å². The van der Waals surface area contributed by atoms with E-state index < -0.39 is 0 Å². The van der Waals surface area contributed by atoms with Crippen LogP contribution in [0.25, 0.3) is 0 Å². The maximum absolute atomic E-state index is 13.2. The molecule has 0 radical (unpaired) electrons. The Hall–Kier alpha value is -1.15. The minimum absolute atomic E-state index is 0.